The quantitative estimate of drug-likeness (QED) is 0.420. The van der Waals surface area contributed by atoms with E-state index in [1.165, 1.54) is 0 Å². The minimum absolute atomic E-state index is 0.112. The Hall–Kier alpha value is -3.93. The second kappa shape index (κ2) is 9.68. The van der Waals surface area contributed by atoms with Crippen LogP contribution in [0.2, 0.25) is 0 Å². The lowest BCUT2D eigenvalue weighted by Gasteiger charge is -2.10. The highest BCUT2D eigenvalue weighted by molar-refractivity contribution is 5.53. The lowest BCUT2D eigenvalue weighted by molar-refractivity contribution is 0.379. The lowest BCUT2D eigenvalue weighted by atomic mass is 10.3. The fourth-order valence-corrected chi connectivity index (χ4v) is 2.19. The summed E-state index contributed by atoms with van der Waals surface area (Å²) >= 11 is 0. The highest BCUT2D eigenvalue weighted by atomic mass is 16.5. The number of anilines is 2. The number of aromatic nitrogens is 3. The van der Waals surface area contributed by atoms with E-state index in [-0.39, 0.29) is 12.0 Å². The van der Waals surface area contributed by atoms with Crippen LogP contribution in [0, 0.1) is 0 Å². The molecule has 0 aliphatic heterocycles. The zero-order valence-corrected chi connectivity index (χ0v) is 15.4. The van der Waals surface area contributed by atoms with Crippen molar-refractivity contribution >= 4 is 11.6 Å². The van der Waals surface area contributed by atoms with Crippen LogP contribution in [0.25, 0.3) is 0 Å². The zero-order valence-electron chi connectivity index (χ0n) is 15.4. The van der Waals surface area contributed by atoms with Crippen LogP contribution in [0.15, 0.2) is 97.3 Å². The fourth-order valence-electron chi connectivity index (χ4n) is 2.19. The number of hydrogen-bond donors (Lipinski definition) is 1. The van der Waals surface area contributed by atoms with Crippen molar-refractivity contribution in [3.05, 3.63) is 97.3 Å². The van der Waals surface area contributed by atoms with Crippen molar-refractivity contribution in [2.75, 3.05) is 5.32 Å². The van der Waals surface area contributed by atoms with Gasteiger partial charge in [0.2, 0.25) is 5.95 Å². The molecule has 3 rings (SSSR count). The number of nitrogens with one attached hydrogen (secondary N) is 1. The first-order valence-corrected chi connectivity index (χ1v) is 8.71. The molecule has 6 heteroatoms. The van der Waals surface area contributed by atoms with Crippen LogP contribution >= 0.6 is 0 Å². The number of ether oxygens (including phenoxy) is 2. The normalized spacial score (nSPS) is 11.2. The van der Waals surface area contributed by atoms with E-state index >= 15 is 0 Å². The van der Waals surface area contributed by atoms with Crippen molar-refractivity contribution in [1.82, 2.24) is 15.0 Å². The van der Waals surface area contributed by atoms with Gasteiger partial charge < -0.3 is 14.8 Å². The van der Waals surface area contributed by atoms with E-state index in [0.29, 0.717) is 17.5 Å². The zero-order chi connectivity index (χ0) is 19.6. The molecule has 0 aliphatic rings. The van der Waals surface area contributed by atoms with Gasteiger partial charge in [0, 0.05) is 5.69 Å². The first-order valence-electron chi connectivity index (χ1n) is 8.71. The molecular formula is C22H20N4O2. The summed E-state index contributed by atoms with van der Waals surface area (Å²) in [6, 6.07) is 19.1. The van der Waals surface area contributed by atoms with E-state index in [0.717, 1.165) is 5.69 Å². The smallest absolute Gasteiger partial charge is 0.330 e. The Morgan fingerprint density at radius 2 is 1.61 bits per heavy atom. The summed E-state index contributed by atoms with van der Waals surface area (Å²) in [4.78, 5) is 12.9. The molecule has 0 amide bonds. The van der Waals surface area contributed by atoms with Gasteiger partial charge in [0.25, 0.3) is 0 Å². The maximum Gasteiger partial charge on any atom is 0.330 e. The van der Waals surface area contributed by atoms with Crippen LogP contribution in [0.5, 0.6) is 17.8 Å². The van der Waals surface area contributed by atoms with Crippen molar-refractivity contribution in [3.8, 4) is 17.8 Å². The summed E-state index contributed by atoms with van der Waals surface area (Å²) in [5.41, 5.74) is 0.836. The Balaban J connectivity index is 1.90. The molecule has 0 radical (unpaired) electrons. The molecule has 0 spiro atoms. The van der Waals surface area contributed by atoms with E-state index in [4.69, 9.17) is 9.47 Å². The largest absolute Gasteiger partial charge is 0.424 e. The molecule has 6 nitrogen and oxygen atoms in total. The molecule has 140 valence electrons. The number of hydrogen-bond acceptors (Lipinski definition) is 6. The number of benzene rings is 2. The molecule has 0 unspecified atom stereocenters. The summed E-state index contributed by atoms with van der Waals surface area (Å²) < 4.78 is 11.5. The predicted molar refractivity (Wildman–Crippen MR) is 110 cm³/mol. The average molecular weight is 372 g/mol. The van der Waals surface area contributed by atoms with E-state index in [1.54, 1.807) is 24.3 Å². The molecule has 1 heterocycles. The molecular weight excluding hydrogens is 352 g/mol. The molecule has 28 heavy (non-hydrogen) atoms. The lowest BCUT2D eigenvalue weighted by Crippen LogP contribution is -2.05. The molecule has 0 saturated heterocycles. The highest BCUT2D eigenvalue weighted by Crippen LogP contribution is 2.23. The number of nitrogens with zero attached hydrogens (tertiary/aromatic N) is 3. The third kappa shape index (κ3) is 5.54. The van der Waals surface area contributed by atoms with Gasteiger partial charge in [-0.15, -0.1) is 4.98 Å². The highest BCUT2D eigenvalue weighted by Gasteiger charge is 2.11. The van der Waals surface area contributed by atoms with E-state index in [9.17, 15) is 0 Å². The standard InChI is InChI=1S/C22H20N4O2/c1-3-5-14-18(4-2)27-21-24-20(23-17-12-8-6-9-13-17)25-22(26-21)28-19-15-10-7-11-16-19/h3-16H,1H2,2H3,(H,23,24,25,26)/b14-5-,18-4+. The first-order chi connectivity index (χ1) is 13.8. The van der Waals surface area contributed by atoms with Gasteiger partial charge in [-0.2, -0.15) is 9.97 Å². The first kappa shape index (κ1) is 18.8. The van der Waals surface area contributed by atoms with E-state index < -0.39 is 0 Å². The predicted octanol–water partition coefficient (Wildman–Crippen LogP) is 5.43. The summed E-state index contributed by atoms with van der Waals surface area (Å²) in [5.74, 6) is 1.50. The van der Waals surface area contributed by atoms with Crippen molar-refractivity contribution < 1.29 is 9.47 Å². The van der Waals surface area contributed by atoms with Crippen molar-refractivity contribution in [2.24, 2.45) is 0 Å². The molecule has 0 bridgehead atoms. The third-order valence-electron chi connectivity index (χ3n) is 3.47. The van der Waals surface area contributed by atoms with Crippen LogP contribution in [0.1, 0.15) is 6.92 Å². The molecule has 0 aliphatic carbocycles. The van der Waals surface area contributed by atoms with Crippen molar-refractivity contribution in [1.29, 1.82) is 0 Å². The Morgan fingerprint density at radius 3 is 2.29 bits per heavy atom. The van der Waals surface area contributed by atoms with Gasteiger partial charge in [0.05, 0.1) is 0 Å². The Bertz CT molecular complexity index is 911. The van der Waals surface area contributed by atoms with Crippen LogP contribution < -0.4 is 14.8 Å². The van der Waals surface area contributed by atoms with Gasteiger partial charge in [-0.3, -0.25) is 0 Å². The summed E-state index contributed by atoms with van der Waals surface area (Å²) in [7, 11) is 0. The number of rotatable bonds is 8. The Labute approximate surface area is 163 Å². The molecule has 2 aromatic carbocycles. The molecule has 1 N–H and O–H groups in total. The molecule has 3 aromatic rings. The van der Waals surface area contributed by atoms with Gasteiger partial charge in [-0.1, -0.05) is 55.1 Å². The maximum atomic E-state index is 5.77. The molecule has 0 saturated carbocycles. The van der Waals surface area contributed by atoms with Gasteiger partial charge >= 0.3 is 12.0 Å². The van der Waals surface area contributed by atoms with Gasteiger partial charge in [0.15, 0.2) is 0 Å². The molecule has 1 aromatic heterocycles. The van der Waals surface area contributed by atoms with Crippen molar-refractivity contribution in [2.45, 2.75) is 6.92 Å². The second-order valence-electron chi connectivity index (χ2n) is 5.52. The minimum Gasteiger partial charge on any atom is -0.424 e. The topological polar surface area (TPSA) is 69.2 Å². The van der Waals surface area contributed by atoms with Crippen LogP contribution in [-0.4, -0.2) is 15.0 Å². The number of allylic oxidation sites excluding steroid dienone is 4. The summed E-state index contributed by atoms with van der Waals surface area (Å²) in [6.07, 6.45) is 6.98. The summed E-state index contributed by atoms with van der Waals surface area (Å²) in [6.45, 7) is 5.51. The van der Waals surface area contributed by atoms with Crippen LogP contribution in [0.4, 0.5) is 11.6 Å². The van der Waals surface area contributed by atoms with Crippen LogP contribution in [-0.2, 0) is 0 Å². The van der Waals surface area contributed by atoms with Gasteiger partial charge in [-0.05, 0) is 43.3 Å². The minimum atomic E-state index is 0.112. The second-order valence-corrected chi connectivity index (χ2v) is 5.52. The Kier molecular flexibility index (Phi) is 6.52. The monoisotopic (exact) mass is 372 g/mol. The fraction of sp³-hybridized carbons (Fsp3) is 0.0455. The SMILES string of the molecule is C=C/C=C\C(=C/C)Oc1nc(Nc2ccccc2)nc(Oc2ccccc2)n1. The molecule has 0 fully saturated rings. The summed E-state index contributed by atoms with van der Waals surface area (Å²) in [5, 5.41) is 3.13. The third-order valence-corrected chi connectivity index (χ3v) is 3.47. The Morgan fingerprint density at radius 1 is 0.929 bits per heavy atom. The van der Waals surface area contributed by atoms with Gasteiger partial charge in [0.1, 0.15) is 11.5 Å². The molecule has 0 atom stereocenters. The average Bonchev–Trinajstić information content (AvgIpc) is 2.72. The van der Waals surface area contributed by atoms with Crippen molar-refractivity contribution in [3.63, 3.8) is 0 Å². The maximum absolute atomic E-state index is 5.77. The van der Waals surface area contributed by atoms with E-state index in [1.807, 2.05) is 67.6 Å². The number of para-hydroxylation sites is 2. The van der Waals surface area contributed by atoms with E-state index in [2.05, 4.69) is 26.8 Å². The van der Waals surface area contributed by atoms with Crippen LogP contribution in [0.3, 0.4) is 0 Å². The van der Waals surface area contributed by atoms with Gasteiger partial charge in [-0.25, -0.2) is 0 Å².